The van der Waals surface area contributed by atoms with Crippen LogP contribution in [0.2, 0.25) is 0 Å². The third-order valence-corrected chi connectivity index (χ3v) is 4.29. The van der Waals surface area contributed by atoms with E-state index in [-0.39, 0.29) is 5.91 Å². The quantitative estimate of drug-likeness (QED) is 0.874. The maximum Gasteiger partial charge on any atom is 0.257 e. The van der Waals surface area contributed by atoms with Crippen LogP contribution >= 0.6 is 0 Å². The Labute approximate surface area is 102 Å². The number of hydrogen-bond donors (Lipinski definition) is 1. The van der Waals surface area contributed by atoms with Crippen LogP contribution in [0.15, 0.2) is 6.20 Å². The van der Waals surface area contributed by atoms with Crippen molar-refractivity contribution in [2.24, 2.45) is 5.41 Å². The molecule has 0 aliphatic carbocycles. The van der Waals surface area contributed by atoms with Crippen molar-refractivity contribution in [1.82, 2.24) is 15.1 Å². The summed E-state index contributed by atoms with van der Waals surface area (Å²) in [6.07, 6.45) is 5.06. The minimum absolute atomic E-state index is 0.125. The van der Waals surface area contributed by atoms with Gasteiger partial charge in [0.05, 0.1) is 11.8 Å². The van der Waals surface area contributed by atoms with Gasteiger partial charge in [0, 0.05) is 18.8 Å². The molecular formula is C13H21N3O. The van der Waals surface area contributed by atoms with Gasteiger partial charge in [-0.05, 0) is 31.6 Å². The molecule has 1 amide bonds. The summed E-state index contributed by atoms with van der Waals surface area (Å²) in [4.78, 5) is 14.3. The van der Waals surface area contributed by atoms with Crippen molar-refractivity contribution in [3.63, 3.8) is 0 Å². The van der Waals surface area contributed by atoms with Crippen LogP contribution in [0.3, 0.4) is 0 Å². The van der Waals surface area contributed by atoms with Crippen LogP contribution in [0, 0.1) is 12.3 Å². The number of aromatic nitrogens is 2. The zero-order chi connectivity index (χ0) is 12.5. The van der Waals surface area contributed by atoms with E-state index in [1.807, 2.05) is 11.8 Å². The van der Waals surface area contributed by atoms with E-state index in [9.17, 15) is 4.79 Å². The Kier molecular flexibility index (Phi) is 3.22. The fourth-order valence-corrected chi connectivity index (χ4v) is 2.67. The molecule has 1 saturated heterocycles. The molecule has 0 saturated carbocycles. The van der Waals surface area contributed by atoms with E-state index in [1.165, 1.54) is 0 Å². The molecule has 1 N–H and O–H groups in total. The molecule has 4 nitrogen and oxygen atoms in total. The molecule has 1 aromatic heterocycles. The standard InChI is InChI=1S/C13H21N3O/c1-4-13(5-2)6-7-16(9-13)12(17)11-8-14-15-10(11)3/h8H,4-7,9H2,1-3H3,(H,14,15). The monoisotopic (exact) mass is 235 g/mol. The van der Waals surface area contributed by atoms with Gasteiger partial charge in [-0.3, -0.25) is 9.89 Å². The zero-order valence-corrected chi connectivity index (χ0v) is 10.9. The second kappa shape index (κ2) is 4.51. The van der Waals surface area contributed by atoms with Gasteiger partial charge in [-0.2, -0.15) is 5.10 Å². The van der Waals surface area contributed by atoms with Crippen molar-refractivity contribution < 1.29 is 4.79 Å². The molecule has 0 atom stereocenters. The second-order valence-electron chi connectivity index (χ2n) is 5.09. The molecule has 17 heavy (non-hydrogen) atoms. The van der Waals surface area contributed by atoms with Crippen LogP contribution in [0.25, 0.3) is 0 Å². The molecule has 2 heterocycles. The molecule has 4 heteroatoms. The maximum atomic E-state index is 12.3. The lowest BCUT2D eigenvalue weighted by atomic mass is 9.82. The van der Waals surface area contributed by atoms with Crippen LogP contribution in [-0.4, -0.2) is 34.1 Å². The van der Waals surface area contributed by atoms with Gasteiger partial charge in [-0.25, -0.2) is 0 Å². The van der Waals surface area contributed by atoms with Gasteiger partial charge in [0.25, 0.3) is 5.91 Å². The molecule has 0 aromatic carbocycles. The first-order valence-electron chi connectivity index (χ1n) is 6.41. The highest BCUT2D eigenvalue weighted by Crippen LogP contribution is 2.37. The number of likely N-dealkylation sites (tertiary alicyclic amines) is 1. The van der Waals surface area contributed by atoms with Gasteiger partial charge >= 0.3 is 0 Å². The zero-order valence-electron chi connectivity index (χ0n) is 10.9. The van der Waals surface area contributed by atoms with Gasteiger partial charge in [-0.1, -0.05) is 13.8 Å². The predicted octanol–water partition coefficient (Wildman–Crippen LogP) is 2.37. The molecule has 0 bridgehead atoms. The summed E-state index contributed by atoms with van der Waals surface area (Å²) in [6, 6.07) is 0. The number of aromatic amines is 1. The SMILES string of the molecule is CCC1(CC)CCN(C(=O)c2cn[nH]c2C)C1. The van der Waals surface area contributed by atoms with Crippen LogP contribution in [0.1, 0.15) is 49.2 Å². The summed E-state index contributed by atoms with van der Waals surface area (Å²) in [7, 11) is 0. The van der Waals surface area contributed by atoms with E-state index >= 15 is 0 Å². The van der Waals surface area contributed by atoms with Crippen molar-refractivity contribution in [2.45, 2.75) is 40.0 Å². The number of H-pyrrole nitrogens is 1. The Hall–Kier alpha value is -1.32. The molecule has 1 aliphatic heterocycles. The smallest absolute Gasteiger partial charge is 0.257 e. The predicted molar refractivity (Wildman–Crippen MR) is 66.9 cm³/mol. The van der Waals surface area contributed by atoms with Gasteiger partial charge < -0.3 is 4.90 Å². The fourth-order valence-electron chi connectivity index (χ4n) is 2.67. The van der Waals surface area contributed by atoms with Crippen LogP contribution in [0.4, 0.5) is 0 Å². The molecule has 0 unspecified atom stereocenters. The average Bonchev–Trinajstić information content (AvgIpc) is 2.95. The summed E-state index contributed by atoms with van der Waals surface area (Å²) in [5.41, 5.74) is 1.92. The third-order valence-electron chi connectivity index (χ3n) is 4.29. The largest absolute Gasteiger partial charge is 0.338 e. The number of amides is 1. The minimum Gasteiger partial charge on any atom is -0.338 e. The lowest BCUT2D eigenvalue weighted by Gasteiger charge is -2.26. The van der Waals surface area contributed by atoms with Crippen LogP contribution in [0.5, 0.6) is 0 Å². The Morgan fingerprint density at radius 2 is 2.24 bits per heavy atom. The summed E-state index contributed by atoms with van der Waals surface area (Å²) in [5.74, 6) is 0.125. The van der Waals surface area contributed by atoms with Gasteiger partial charge in [0.2, 0.25) is 0 Å². The third kappa shape index (κ3) is 2.08. The first kappa shape index (κ1) is 12.1. The molecule has 1 aliphatic rings. The van der Waals surface area contributed by atoms with Crippen molar-refractivity contribution in [1.29, 1.82) is 0 Å². The first-order chi connectivity index (χ1) is 8.12. The Bertz CT molecular complexity index is 407. The van der Waals surface area contributed by atoms with E-state index in [0.29, 0.717) is 11.0 Å². The second-order valence-corrected chi connectivity index (χ2v) is 5.09. The molecule has 1 fully saturated rings. The van der Waals surface area contributed by atoms with E-state index < -0.39 is 0 Å². The first-order valence-corrected chi connectivity index (χ1v) is 6.41. The van der Waals surface area contributed by atoms with Gasteiger partial charge in [-0.15, -0.1) is 0 Å². The number of nitrogens with zero attached hydrogens (tertiary/aromatic N) is 2. The molecular weight excluding hydrogens is 214 g/mol. The Balaban J connectivity index is 2.11. The molecule has 94 valence electrons. The number of rotatable bonds is 3. The van der Waals surface area contributed by atoms with Gasteiger partial charge in [0.15, 0.2) is 0 Å². The fraction of sp³-hybridized carbons (Fsp3) is 0.692. The number of hydrogen-bond acceptors (Lipinski definition) is 2. The number of aryl methyl sites for hydroxylation is 1. The summed E-state index contributed by atoms with van der Waals surface area (Å²) >= 11 is 0. The highest BCUT2D eigenvalue weighted by atomic mass is 16.2. The van der Waals surface area contributed by atoms with Crippen molar-refractivity contribution >= 4 is 5.91 Å². The van der Waals surface area contributed by atoms with E-state index in [2.05, 4.69) is 24.0 Å². The van der Waals surface area contributed by atoms with E-state index in [4.69, 9.17) is 0 Å². The minimum atomic E-state index is 0.125. The van der Waals surface area contributed by atoms with Crippen molar-refractivity contribution in [3.05, 3.63) is 17.5 Å². The van der Waals surface area contributed by atoms with E-state index in [1.54, 1.807) is 6.20 Å². The van der Waals surface area contributed by atoms with Crippen molar-refractivity contribution in [3.8, 4) is 0 Å². The summed E-state index contributed by atoms with van der Waals surface area (Å²) < 4.78 is 0. The molecule has 0 radical (unpaired) electrons. The lowest BCUT2D eigenvalue weighted by Crippen LogP contribution is -2.31. The Morgan fingerprint density at radius 3 is 2.71 bits per heavy atom. The maximum absolute atomic E-state index is 12.3. The van der Waals surface area contributed by atoms with E-state index in [0.717, 1.165) is 38.0 Å². The van der Waals surface area contributed by atoms with Crippen LogP contribution < -0.4 is 0 Å². The number of carbonyl (C=O) groups is 1. The summed E-state index contributed by atoms with van der Waals surface area (Å²) in [5, 5.41) is 6.74. The molecule has 2 rings (SSSR count). The highest BCUT2D eigenvalue weighted by molar-refractivity contribution is 5.95. The molecule has 1 aromatic rings. The van der Waals surface area contributed by atoms with Gasteiger partial charge in [0.1, 0.15) is 0 Å². The van der Waals surface area contributed by atoms with Crippen LogP contribution in [-0.2, 0) is 0 Å². The normalized spacial score (nSPS) is 18.6. The highest BCUT2D eigenvalue weighted by Gasteiger charge is 2.37. The molecule has 0 spiro atoms. The average molecular weight is 235 g/mol. The topological polar surface area (TPSA) is 49.0 Å². The number of nitrogens with one attached hydrogen (secondary N) is 1. The lowest BCUT2D eigenvalue weighted by molar-refractivity contribution is 0.0769. The summed E-state index contributed by atoms with van der Waals surface area (Å²) in [6.45, 7) is 8.11. The Morgan fingerprint density at radius 1 is 1.53 bits per heavy atom. The van der Waals surface area contributed by atoms with Crippen molar-refractivity contribution in [2.75, 3.05) is 13.1 Å². The number of carbonyl (C=O) groups excluding carboxylic acids is 1.